The summed E-state index contributed by atoms with van der Waals surface area (Å²) < 4.78 is 5.60. The molecule has 1 aromatic heterocycles. The number of aryl methyl sites for hydroxylation is 2. The summed E-state index contributed by atoms with van der Waals surface area (Å²) in [6, 6.07) is 7.01. The lowest BCUT2D eigenvalue weighted by Crippen LogP contribution is -1.76. The average Bonchev–Trinajstić information content (AvgIpc) is 2.58. The van der Waals surface area contributed by atoms with Gasteiger partial charge < -0.3 is 14.6 Å². The predicted molar refractivity (Wildman–Crippen MR) is 66.5 cm³/mol. The summed E-state index contributed by atoms with van der Waals surface area (Å²) in [5.74, 6) is 0.440. The summed E-state index contributed by atoms with van der Waals surface area (Å²) in [6.45, 7) is 3.70. The number of fused-ring (bicyclic) bond motifs is 3. The molecule has 0 atom stereocenters. The standard InChI is InChI=1S/C14H12O3/c1-7-3-9-10-4-8(2)12(16)6-14(10)17-13(9)5-11(7)15/h3-6,15-16H,1-2H3. The Morgan fingerprint density at radius 3 is 1.59 bits per heavy atom. The molecule has 0 aliphatic rings. The third-order valence-electron chi connectivity index (χ3n) is 3.11. The van der Waals surface area contributed by atoms with E-state index in [-0.39, 0.29) is 11.5 Å². The first kappa shape index (κ1) is 10.0. The third kappa shape index (κ3) is 1.35. The SMILES string of the molecule is Cc1cc2c(cc1O)oc1cc(O)c(C)cc12. The van der Waals surface area contributed by atoms with Crippen LogP contribution in [-0.2, 0) is 0 Å². The number of hydrogen-bond donors (Lipinski definition) is 2. The van der Waals surface area contributed by atoms with Crippen LogP contribution >= 0.6 is 0 Å². The molecule has 0 radical (unpaired) electrons. The van der Waals surface area contributed by atoms with Crippen molar-refractivity contribution in [1.29, 1.82) is 0 Å². The molecule has 3 nitrogen and oxygen atoms in total. The van der Waals surface area contributed by atoms with Crippen LogP contribution in [-0.4, -0.2) is 10.2 Å². The van der Waals surface area contributed by atoms with Gasteiger partial charge >= 0.3 is 0 Å². The van der Waals surface area contributed by atoms with E-state index in [4.69, 9.17) is 4.42 Å². The molecule has 17 heavy (non-hydrogen) atoms. The molecule has 1 heterocycles. The maximum atomic E-state index is 9.64. The number of rotatable bonds is 0. The van der Waals surface area contributed by atoms with Crippen LogP contribution in [0.1, 0.15) is 11.1 Å². The summed E-state index contributed by atoms with van der Waals surface area (Å²) >= 11 is 0. The van der Waals surface area contributed by atoms with Crippen molar-refractivity contribution in [3.05, 3.63) is 35.4 Å². The van der Waals surface area contributed by atoms with E-state index < -0.39 is 0 Å². The van der Waals surface area contributed by atoms with Crippen LogP contribution in [0.4, 0.5) is 0 Å². The fourth-order valence-electron chi connectivity index (χ4n) is 2.06. The van der Waals surface area contributed by atoms with Crippen molar-refractivity contribution in [3.63, 3.8) is 0 Å². The number of phenolic OH excluding ortho intramolecular Hbond substituents is 2. The topological polar surface area (TPSA) is 53.6 Å². The maximum Gasteiger partial charge on any atom is 0.139 e. The third-order valence-corrected chi connectivity index (χ3v) is 3.11. The first-order chi connectivity index (χ1) is 8.06. The second-order valence-corrected chi connectivity index (χ2v) is 4.37. The van der Waals surface area contributed by atoms with Crippen molar-refractivity contribution >= 4 is 21.9 Å². The average molecular weight is 228 g/mol. The zero-order valence-electron chi connectivity index (χ0n) is 9.61. The number of benzene rings is 2. The number of furan rings is 1. The first-order valence-corrected chi connectivity index (χ1v) is 5.41. The predicted octanol–water partition coefficient (Wildman–Crippen LogP) is 3.61. The van der Waals surface area contributed by atoms with Crippen LogP contribution in [0.3, 0.4) is 0 Å². The Morgan fingerprint density at radius 2 is 1.18 bits per heavy atom. The highest BCUT2D eigenvalue weighted by Crippen LogP contribution is 2.35. The van der Waals surface area contributed by atoms with Gasteiger partial charge in [0.25, 0.3) is 0 Å². The van der Waals surface area contributed by atoms with Gasteiger partial charge in [0.15, 0.2) is 0 Å². The molecule has 0 saturated heterocycles. The van der Waals surface area contributed by atoms with E-state index in [0.717, 1.165) is 21.9 Å². The van der Waals surface area contributed by atoms with Crippen LogP contribution in [0.5, 0.6) is 11.5 Å². The van der Waals surface area contributed by atoms with Crippen LogP contribution in [0.15, 0.2) is 28.7 Å². The molecule has 0 unspecified atom stereocenters. The molecule has 2 aromatic carbocycles. The summed E-state index contributed by atoms with van der Waals surface area (Å²) in [5, 5.41) is 21.2. The molecule has 0 aliphatic heterocycles. The molecule has 2 N–H and O–H groups in total. The van der Waals surface area contributed by atoms with Gasteiger partial charge in [-0.2, -0.15) is 0 Å². The number of hydrogen-bond acceptors (Lipinski definition) is 3. The summed E-state index contributed by atoms with van der Waals surface area (Å²) in [4.78, 5) is 0. The minimum absolute atomic E-state index is 0.220. The molecular weight excluding hydrogens is 216 g/mol. The van der Waals surface area contributed by atoms with Gasteiger partial charge in [0.2, 0.25) is 0 Å². The van der Waals surface area contributed by atoms with Gasteiger partial charge in [-0.15, -0.1) is 0 Å². The second kappa shape index (κ2) is 3.17. The Bertz CT molecular complexity index is 676. The van der Waals surface area contributed by atoms with Gasteiger partial charge in [-0.25, -0.2) is 0 Å². The molecule has 3 heteroatoms. The molecular formula is C14H12O3. The van der Waals surface area contributed by atoms with E-state index in [9.17, 15) is 10.2 Å². The van der Waals surface area contributed by atoms with E-state index in [1.165, 1.54) is 0 Å². The highest BCUT2D eigenvalue weighted by atomic mass is 16.3. The molecule has 0 aliphatic carbocycles. The highest BCUT2D eigenvalue weighted by Gasteiger charge is 2.11. The maximum absolute atomic E-state index is 9.64. The van der Waals surface area contributed by atoms with E-state index in [0.29, 0.717) is 11.2 Å². The van der Waals surface area contributed by atoms with Crippen molar-refractivity contribution in [2.45, 2.75) is 13.8 Å². The Labute approximate surface area is 97.9 Å². The Balaban J connectivity index is 2.51. The Morgan fingerprint density at radius 1 is 0.765 bits per heavy atom. The Kier molecular flexibility index (Phi) is 1.87. The van der Waals surface area contributed by atoms with E-state index >= 15 is 0 Å². The van der Waals surface area contributed by atoms with Gasteiger partial charge in [0.05, 0.1) is 0 Å². The minimum Gasteiger partial charge on any atom is -0.508 e. The van der Waals surface area contributed by atoms with Gasteiger partial charge in [-0.1, -0.05) is 0 Å². The zero-order valence-corrected chi connectivity index (χ0v) is 9.61. The van der Waals surface area contributed by atoms with E-state index in [1.807, 2.05) is 26.0 Å². The van der Waals surface area contributed by atoms with Gasteiger partial charge in [-0.3, -0.25) is 0 Å². The fraction of sp³-hybridized carbons (Fsp3) is 0.143. The molecule has 86 valence electrons. The van der Waals surface area contributed by atoms with Crippen LogP contribution in [0.25, 0.3) is 21.9 Å². The van der Waals surface area contributed by atoms with Crippen molar-refractivity contribution in [2.75, 3.05) is 0 Å². The molecule has 3 rings (SSSR count). The first-order valence-electron chi connectivity index (χ1n) is 5.41. The second-order valence-electron chi connectivity index (χ2n) is 4.37. The summed E-state index contributed by atoms with van der Waals surface area (Å²) in [6.07, 6.45) is 0. The van der Waals surface area contributed by atoms with Gasteiger partial charge in [0.1, 0.15) is 22.7 Å². The van der Waals surface area contributed by atoms with Crippen molar-refractivity contribution < 1.29 is 14.6 Å². The molecule has 3 aromatic rings. The molecule has 0 saturated carbocycles. The smallest absolute Gasteiger partial charge is 0.139 e. The van der Waals surface area contributed by atoms with Crippen LogP contribution < -0.4 is 0 Å². The van der Waals surface area contributed by atoms with E-state index in [2.05, 4.69) is 0 Å². The van der Waals surface area contributed by atoms with E-state index in [1.54, 1.807) is 12.1 Å². The number of aromatic hydroxyl groups is 2. The zero-order chi connectivity index (χ0) is 12.2. The molecule has 0 bridgehead atoms. The van der Waals surface area contributed by atoms with Crippen LogP contribution in [0.2, 0.25) is 0 Å². The quantitative estimate of drug-likeness (QED) is 0.618. The monoisotopic (exact) mass is 228 g/mol. The lowest BCUT2D eigenvalue weighted by molar-refractivity contribution is 0.470. The highest BCUT2D eigenvalue weighted by molar-refractivity contribution is 6.06. The molecule has 0 amide bonds. The summed E-state index contributed by atoms with van der Waals surface area (Å²) in [5.41, 5.74) is 2.89. The van der Waals surface area contributed by atoms with Crippen molar-refractivity contribution in [2.24, 2.45) is 0 Å². The minimum atomic E-state index is 0.220. The van der Waals surface area contributed by atoms with Gasteiger partial charge in [0, 0.05) is 22.9 Å². The normalized spacial score (nSPS) is 11.4. The van der Waals surface area contributed by atoms with Gasteiger partial charge in [-0.05, 0) is 37.1 Å². The van der Waals surface area contributed by atoms with Crippen molar-refractivity contribution in [3.8, 4) is 11.5 Å². The lowest BCUT2D eigenvalue weighted by atomic mass is 10.1. The number of phenols is 2. The van der Waals surface area contributed by atoms with Crippen LogP contribution in [0, 0.1) is 13.8 Å². The summed E-state index contributed by atoms with van der Waals surface area (Å²) in [7, 11) is 0. The van der Waals surface area contributed by atoms with Crippen molar-refractivity contribution in [1.82, 2.24) is 0 Å². The Hall–Kier alpha value is -2.16. The molecule has 0 fully saturated rings. The lowest BCUT2D eigenvalue weighted by Gasteiger charge is -1.98. The fourth-order valence-corrected chi connectivity index (χ4v) is 2.06. The molecule has 0 spiro atoms. The largest absolute Gasteiger partial charge is 0.508 e.